The minimum Gasteiger partial charge on any atom is -0.347 e. The Morgan fingerprint density at radius 1 is 1.04 bits per heavy atom. The molecule has 3 aromatic rings. The number of carbonyl (C=O) groups excluding carboxylic acids is 1. The molecule has 1 atom stereocenters. The number of aryl methyl sites for hydroxylation is 1. The van der Waals surface area contributed by atoms with Crippen LogP contribution in [0.3, 0.4) is 0 Å². The van der Waals surface area contributed by atoms with E-state index in [1.165, 1.54) is 0 Å². The molecule has 0 radical (unpaired) electrons. The molecular weight excluding hydrogens is 326 g/mol. The standard InChI is InChI=1S/C20H21N5O/c1-14-6-4-5-7-17(14)18(15-8-10-21-11-9-15)24-19(26)16-12-22-20(23-13-16)25(2)3/h4-13,18H,1-3H3,(H,24,26)/t18-/m1/s1. The van der Waals surface area contributed by atoms with Gasteiger partial charge in [0, 0.05) is 38.9 Å². The van der Waals surface area contributed by atoms with Crippen LogP contribution in [0.1, 0.15) is 33.1 Å². The fourth-order valence-electron chi connectivity index (χ4n) is 2.69. The van der Waals surface area contributed by atoms with Crippen molar-refractivity contribution in [3.05, 3.63) is 83.4 Å². The van der Waals surface area contributed by atoms with Crippen LogP contribution < -0.4 is 10.2 Å². The summed E-state index contributed by atoms with van der Waals surface area (Å²) < 4.78 is 0. The number of rotatable bonds is 5. The number of carbonyl (C=O) groups is 1. The fourth-order valence-corrected chi connectivity index (χ4v) is 2.69. The van der Waals surface area contributed by atoms with Crippen LogP contribution in [0.2, 0.25) is 0 Å². The van der Waals surface area contributed by atoms with Gasteiger partial charge in [0.2, 0.25) is 5.95 Å². The maximum atomic E-state index is 12.8. The van der Waals surface area contributed by atoms with E-state index >= 15 is 0 Å². The SMILES string of the molecule is Cc1ccccc1[C@H](NC(=O)c1cnc(N(C)C)nc1)c1ccncc1. The van der Waals surface area contributed by atoms with Crippen molar-refractivity contribution in [2.75, 3.05) is 19.0 Å². The summed E-state index contributed by atoms with van der Waals surface area (Å²) in [6.07, 6.45) is 6.53. The monoisotopic (exact) mass is 347 g/mol. The molecule has 0 bridgehead atoms. The van der Waals surface area contributed by atoms with Gasteiger partial charge in [0.15, 0.2) is 0 Å². The van der Waals surface area contributed by atoms with Crippen molar-refractivity contribution in [3.63, 3.8) is 0 Å². The van der Waals surface area contributed by atoms with Crippen LogP contribution in [-0.4, -0.2) is 35.0 Å². The van der Waals surface area contributed by atoms with E-state index in [2.05, 4.69) is 20.3 Å². The van der Waals surface area contributed by atoms with Crippen LogP contribution in [0.5, 0.6) is 0 Å². The van der Waals surface area contributed by atoms with E-state index in [9.17, 15) is 4.79 Å². The maximum absolute atomic E-state index is 12.8. The molecule has 6 nitrogen and oxygen atoms in total. The van der Waals surface area contributed by atoms with Gasteiger partial charge in [-0.2, -0.15) is 0 Å². The highest BCUT2D eigenvalue weighted by atomic mass is 16.1. The summed E-state index contributed by atoms with van der Waals surface area (Å²) in [4.78, 5) is 27.1. The van der Waals surface area contributed by atoms with Crippen LogP contribution in [0.15, 0.2) is 61.2 Å². The second-order valence-electron chi connectivity index (χ2n) is 6.21. The minimum atomic E-state index is -0.278. The lowest BCUT2D eigenvalue weighted by Crippen LogP contribution is -2.30. The topological polar surface area (TPSA) is 71.0 Å². The Morgan fingerprint density at radius 3 is 2.31 bits per heavy atom. The van der Waals surface area contributed by atoms with E-state index in [-0.39, 0.29) is 11.9 Å². The molecule has 2 heterocycles. The van der Waals surface area contributed by atoms with Gasteiger partial charge in [-0.25, -0.2) is 9.97 Å². The first-order valence-electron chi connectivity index (χ1n) is 8.32. The molecule has 3 rings (SSSR count). The molecule has 1 aromatic carbocycles. The molecule has 0 aliphatic carbocycles. The van der Waals surface area contributed by atoms with Crippen molar-refractivity contribution < 1.29 is 4.79 Å². The third kappa shape index (κ3) is 3.85. The Balaban J connectivity index is 1.91. The normalized spacial score (nSPS) is 11.7. The van der Waals surface area contributed by atoms with E-state index in [1.807, 2.05) is 57.4 Å². The zero-order valence-corrected chi connectivity index (χ0v) is 15.0. The first-order chi connectivity index (χ1) is 12.6. The lowest BCUT2D eigenvalue weighted by molar-refractivity contribution is 0.0942. The number of amides is 1. The number of pyridine rings is 1. The molecule has 0 saturated heterocycles. The van der Waals surface area contributed by atoms with Gasteiger partial charge in [-0.05, 0) is 35.7 Å². The Kier molecular flexibility index (Phi) is 5.22. The predicted octanol–water partition coefficient (Wildman–Crippen LogP) is 2.77. The number of hydrogen-bond acceptors (Lipinski definition) is 5. The van der Waals surface area contributed by atoms with Crippen LogP contribution in [-0.2, 0) is 0 Å². The summed E-state index contributed by atoms with van der Waals surface area (Å²) in [5.41, 5.74) is 3.53. The third-order valence-corrected chi connectivity index (χ3v) is 4.11. The zero-order chi connectivity index (χ0) is 18.5. The van der Waals surface area contributed by atoms with Crippen LogP contribution in [0.4, 0.5) is 5.95 Å². The Morgan fingerprint density at radius 2 is 1.69 bits per heavy atom. The molecule has 0 aliphatic rings. The molecule has 1 N–H and O–H groups in total. The number of benzene rings is 1. The number of hydrogen-bond donors (Lipinski definition) is 1. The maximum Gasteiger partial charge on any atom is 0.255 e. The Hall–Kier alpha value is -3.28. The molecule has 132 valence electrons. The Labute approximate surface area is 153 Å². The van der Waals surface area contributed by atoms with Crippen LogP contribution in [0.25, 0.3) is 0 Å². The predicted molar refractivity (Wildman–Crippen MR) is 101 cm³/mol. The number of anilines is 1. The molecule has 2 aromatic heterocycles. The van der Waals surface area contributed by atoms with E-state index in [4.69, 9.17) is 0 Å². The van der Waals surface area contributed by atoms with Crippen molar-refractivity contribution in [2.24, 2.45) is 0 Å². The summed E-state index contributed by atoms with van der Waals surface area (Å²) in [6.45, 7) is 2.03. The molecule has 0 fully saturated rings. The lowest BCUT2D eigenvalue weighted by atomic mass is 9.95. The number of nitrogens with zero attached hydrogens (tertiary/aromatic N) is 4. The fraction of sp³-hybridized carbons (Fsp3) is 0.200. The van der Waals surface area contributed by atoms with Crippen molar-refractivity contribution in [3.8, 4) is 0 Å². The van der Waals surface area contributed by atoms with Crippen molar-refractivity contribution >= 4 is 11.9 Å². The van der Waals surface area contributed by atoms with Crippen LogP contribution >= 0.6 is 0 Å². The first kappa shape index (κ1) is 17.5. The first-order valence-corrected chi connectivity index (χ1v) is 8.32. The summed E-state index contributed by atoms with van der Waals surface area (Å²) in [6, 6.07) is 11.5. The molecule has 0 aliphatic heterocycles. The smallest absolute Gasteiger partial charge is 0.255 e. The molecule has 26 heavy (non-hydrogen) atoms. The quantitative estimate of drug-likeness (QED) is 0.768. The summed E-state index contributed by atoms with van der Waals surface area (Å²) in [5.74, 6) is 0.339. The third-order valence-electron chi connectivity index (χ3n) is 4.11. The molecular formula is C20H21N5O. The van der Waals surface area contributed by atoms with Gasteiger partial charge in [0.05, 0.1) is 11.6 Å². The summed E-state index contributed by atoms with van der Waals surface area (Å²) in [7, 11) is 3.71. The van der Waals surface area contributed by atoms with Crippen molar-refractivity contribution in [1.82, 2.24) is 20.3 Å². The summed E-state index contributed by atoms with van der Waals surface area (Å²) >= 11 is 0. The molecule has 1 amide bonds. The van der Waals surface area contributed by atoms with E-state index < -0.39 is 0 Å². The van der Waals surface area contributed by atoms with Gasteiger partial charge in [-0.1, -0.05) is 24.3 Å². The molecule has 0 unspecified atom stereocenters. The zero-order valence-electron chi connectivity index (χ0n) is 15.0. The van der Waals surface area contributed by atoms with Gasteiger partial charge in [-0.3, -0.25) is 9.78 Å². The minimum absolute atomic E-state index is 0.222. The van der Waals surface area contributed by atoms with E-state index in [0.717, 1.165) is 16.7 Å². The largest absolute Gasteiger partial charge is 0.347 e. The Bertz CT molecular complexity index is 878. The number of nitrogens with one attached hydrogen (secondary N) is 1. The van der Waals surface area contributed by atoms with Gasteiger partial charge >= 0.3 is 0 Å². The average molecular weight is 347 g/mol. The van der Waals surface area contributed by atoms with Gasteiger partial charge < -0.3 is 10.2 Å². The number of aromatic nitrogens is 3. The molecule has 0 spiro atoms. The highest BCUT2D eigenvalue weighted by Gasteiger charge is 2.19. The van der Waals surface area contributed by atoms with E-state index in [0.29, 0.717) is 11.5 Å². The van der Waals surface area contributed by atoms with E-state index in [1.54, 1.807) is 29.7 Å². The average Bonchev–Trinajstić information content (AvgIpc) is 2.67. The van der Waals surface area contributed by atoms with Gasteiger partial charge in [-0.15, -0.1) is 0 Å². The van der Waals surface area contributed by atoms with Crippen molar-refractivity contribution in [2.45, 2.75) is 13.0 Å². The summed E-state index contributed by atoms with van der Waals surface area (Å²) in [5, 5.41) is 3.10. The second-order valence-corrected chi connectivity index (χ2v) is 6.21. The lowest BCUT2D eigenvalue weighted by Gasteiger charge is -2.21. The highest BCUT2D eigenvalue weighted by Crippen LogP contribution is 2.25. The van der Waals surface area contributed by atoms with Gasteiger partial charge in [0.1, 0.15) is 0 Å². The van der Waals surface area contributed by atoms with Gasteiger partial charge in [0.25, 0.3) is 5.91 Å². The molecule has 6 heteroatoms. The molecule has 0 saturated carbocycles. The van der Waals surface area contributed by atoms with Crippen LogP contribution in [0, 0.1) is 6.92 Å². The second kappa shape index (κ2) is 7.74. The highest BCUT2D eigenvalue weighted by molar-refractivity contribution is 5.94. The van der Waals surface area contributed by atoms with Crippen molar-refractivity contribution in [1.29, 1.82) is 0 Å².